The molecule has 1 nitrogen and oxygen atoms in total. The van der Waals surface area contributed by atoms with Crippen LogP contribution in [0.1, 0.15) is 25.0 Å². The molecule has 0 amide bonds. The number of aryl methyl sites for hydroxylation is 2. The molecule has 0 N–H and O–H groups in total. The summed E-state index contributed by atoms with van der Waals surface area (Å²) < 4.78 is 1.61. The number of rotatable bonds is 3. The molecule has 0 saturated carbocycles. The maximum Gasteiger partial charge on any atom is 0.0652 e. The number of nitrogens with zero attached hydrogens (tertiary/aromatic N) is 1. The summed E-state index contributed by atoms with van der Waals surface area (Å²) in [6, 6.07) is 6.33. The van der Waals surface area contributed by atoms with Gasteiger partial charge >= 0.3 is 0 Å². The van der Waals surface area contributed by atoms with Crippen molar-refractivity contribution in [3.8, 4) is 0 Å². The topological polar surface area (TPSA) is 3.24 Å². The zero-order valence-corrected chi connectivity index (χ0v) is 9.78. The zero-order valence-electron chi connectivity index (χ0n) is 7.99. The quantitative estimate of drug-likeness (QED) is 0.729. The molecule has 1 aromatic carbocycles. The number of para-hydroxylation sites is 1. The van der Waals surface area contributed by atoms with E-state index in [1.807, 2.05) is 0 Å². The van der Waals surface area contributed by atoms with Crippen LogP contribution in [0.3, 0.4) is 0 Å². The van der Waals surface area contributed by atoms with E-state index < -0.39 is 0 Å². The van der Waals surface area contributed by atoms with E-state index in [1.54, 1.807) is 3.71 Å². The second-order valence-corrected chi connectivity index (χ2v) is 4.04. The minimum absolute atomic E-state index is 1.01. The first-order chi connectivity index (χ1) is 6.20. The average Bonchev–Trinajstić information content (AvgIpc) is 2.16. The molecule has 0 heterocycles. The molecular formula is C10H15NS2. The van der Waals surface area contributed by atoms with Gasteiger partial charge in [0.1, 0.15) is 0 Å². The van der Waals surface area contributed by atoms with Gasteiger partial charge in [0.15, 0.2) is 0 Å². The lowest BCUT2D eigenvalue weighted by atomic mass is 10.0. The summed E-state index contributed by atoms with van der Waals surface area (Å²) in [5.74, 6) is 0. The minimum atomic E-state index is 1.01. The fourth-order valence-electron chi connectivity index (χ4n) is 1.47. The molecule has 0 fully saturated rings. The van der Waals surface area contributed by atoms with Crippen molar-refractivity contribution in [2.75, 3.05) is 3.71 Å². The molecule has 1 rings (SSSR count). The van der Waals surface area contributed by atoms with Gasteiger partial charge in [0.2, 0.25) is 0 Å². The number of anilines is 1. The maximum absolute atomic E-state index is 4.23. The molecule has 72 valence electrons. The van der Waals surface area contributed by atoms with Crippen LogP contribution in [0.2, 0.25) is 0 Å². The number of hydrogen-bond acceptors (Lipinski definition) is 3. The molecule has 3 heteroatoms. The van der Waals surface area contributed by atoms with E-state index in [2.05, 4.69) is 57.7 Å². The Bertz CT molecular complexity index is 262. The van der Waals surface area contributed by atoms with Crippen LogP contribution in [-0.2, 0) is 12.8 Å². The molecular weight excluding hydrogens is 198 g/mol. The highest BCUT2D eigenvalue weighted by molar-refractivity contribution is 8.00. The van der Waals surface area contributed by atoms with Crippen molar-refractivity contribution in [3.05, 3.63) is 29.3 Å². The van der Waals surface area contributed by atoms with Crippen molar-refractivity contribution in [1.82, 2.24) is 0 Å². The lowest BCUT2D eigenvalue weighted by Gasteiger charge is -2.17. The second-order valence-electron chi connectivity index (χ2n) is 2.92. The Kier molecular flexibility index (Phi) is 4.00. The Morgan fingerprint density at radius 2 is 1.54 bits per heavy atom. The van der Waals surface area contributed by atoms with Gasteiger partial charge in [-0.3, -0.25) is 3.71 Å². The number of thiol groups is 2. The van der Waals surface area contributed by atoms with Crippen LogP contribution in [0.5, 0.6) is 0 Å². The van der Waals surface area contributed by atoms with Gasteiger partial charge in [-0.1, -0.05) is 57.7 Å². The van der Waals surface area contributed by atoms with Crippen LogP contribution in [0, 0.1) is 0 Å². The van der Waals surface area contributed by atoms with Gasteiger partial charge in [-0.05, 0) is 24.0 Å². The van der Waals surface area contributed by atoms with E-state index in [1.165, 1.54) is 11.1 Å². The third-order valence-electron chi connectivity index (χ3n) is 2.16. The van der Waals surface area contributed by atoms with Gasteiger partial charge in [0.25, 0.3) is 0 Å². The molecule has 0 aliphatic carbocycles. The lowest BCUT2D eigenvalue weighted by molar-refractivity contribution is 1.09. The highest BCUT2D eigenvalue weighted by Gasteiger charge is 2.08. The van der Waals surface area contributed by atoms with Crippen LogP contribution in [0.15, 0.2) is 18.2 Å². The van der Waals surface area contributed by atoms with Gasteiger partial charge in [0.05, 0.1) is 5.69 Å². The van der Waals surface area contributed by atoms with Crippen LogP contribution in [0.25, 0.3) is 0 Å². The molecule has 0 bridgehead atoms. The Hall–Kier alpha value is -0.280. The van der Waals surface area contributed by atoms with Crippen LogP contribution < -0.4 is 3.71 Å². The Balaban J connectivity index is 3.21. The maximum atomic E-state index is 4.23. The summed E-state index contributed by atoms with van der Waals surface area (Å²) in [4.78, 5) is 0. The largest absolute Gasteiger partial charge is 0.264 e. The molecule has 1 aromatic rings. The van der Waals surface area contributed by atoms with E-state index in [4.69, 9.17) is 0 Å². The van der Waals surface area contributed by atoms with Gasteiger partial charge in [0, 0.05) is 0 Å². The number of benzene rings is 1. The molecule has 0 aliphatic heterocycles. The Labute approximate surface area is 91.2 Å². The van der Waals surface area contributed by atoms with E-state index in [0.717, 1.165) is 18.5 Å². The molecule has 0 aromatic heterocycles. The van der Waals surface area contributed by atoms with E-state index in [9.17, 15) is 0 Å². The zero-order chi connectivity index (χ0) is 9.84. The summed E-state index contributed by atoms with van der Waals surface area (Å²) in [5, 5.41) is 0. The van der Waals surface area contributed by atoms with Crippen LogP contribution in [0.4, 0.5) is 5.69 Å². The van der Waals surface area contributed by atoms with Crippen molar-refractivity contribution in [1.29, 1.82) is 0 Å². The molecule has 0 radical (unpaired) electrons. The van der Waals surface area contributed by atoms with E-state index >= 15 is 0 Å². The normalized spacial score (nSPS) is 10.2. The van der Waals surface area contributed by atoms with Crippen LogP contribution in [-0.4, -0.2) is 0 Å². The minimum Gasteiger partial charge on any atom is -0.264 e. The fourth-order valence-corrected chi connectivity index (χ4v) is 1.99. The first-order valence-corrected chi connectivity index (χ1v) is 5.29. The van der Waals surface area contributed by atoms with Crippen molar-refractivity contribution in [2.24, 2.45) is 0 Å². The molecule has 0 unspecified atom stereocenters. The summed E-state index contributed by atoms with van der Waals surface area (Å²) in [6.45, 7) is 4.28. The number of hydrogen-bond donors (Lipinski definition) is 2. The van der Waals surface area contributed by atoms with Crippen molar-refractivity contribution in [3.63, 3.8) is 0 Å². The van der Waals surface area contributed by atoms with Gasteiger partial charge < -0.3 is 0 Å². The molecule has 0 atom stereocenters. The highest BCUT2D eigenvalue weighted by Crippen LogP contribution is 2.29. The standard InChI is InChI=1S/C10H15NS2/c1-3-8-6-5-7-9(4-2)10(8)11(12)13/h5-7,12-13H,3-4H2,1-2H3. The lowest BCUT2D eigenvalue weighted by Crippen LogP contribution is -2.02. The average molecular weight is 213 g/mol. The summed E-state index contributed by atoms with van der Waals surface area (Å²) >= 11 is 8.46. The predicted octanol–water partition coefficient (Wildman–Crippen LogP) is 3.31. The van der Waals surface area contributed by atoms with Crippen molar-refractivity contribution >= 4 is 31.3 Å². The first kappa shape index (κ1) is 10.8. The third kappa shape index (κ3) is 2.35. The summed E-state index contributed by atoms with van der Waals surface area (Å²) in [6.07, 6.45) is 2.03. The predicted molar refractivity (Wildman–Crippen MR) is 65.6 cm³/mol. The summed E-state index contributed by atoms with van der Waals surface area (Å²) in [7, 11) is 0. The molecule has 0 spiro atoms. The van der Waals surface area contributed by atoms with Crippen molar-refractivity contribution in [2.45, 2.75) is 26.7 Å². The highest BCUT2D eigenvalue weighted by atomic mass is 32.2. The third-order valence-corrected chi connectivity index (χ3v) is 2.56. The van der Waals surface area contributed by atoms with Gasteiger partial charge in [-0.15, -0.1) is 0 Å². The molecule has 0 aliphatic rings. The summed E-state index contributed by atoms with van der Waals surface area (Å²) in [5.41, 5.74) is 3.73. The van der Waals surface area contributed by atoms with E-state index in [0.29, 0.717) is 0 Å². The molecule has 13 heavy (non-hydrogen) atoms. The van der Waals surface area contributed by atoms with Gasteiger partial charge in [-0.25, -0.2) is 0 Å². The monoisotopic (exact) mass is 213 g/mol. The van der Waals surface area contributed by atoms with Crippen molar-refractivity contribution < 1.29 is 0 Å². The van der Waals surface area contributed by atoms with E-state index in [-0.39, 0.29) is 0 Å². The second kappa shape index (κ2) is 4.82. The SMILES string of the molecule is CCc1cccc(CC)c1N(S)S. The smallest absolute Gasteiger partial charge is 0.0652 e. The van der Waals surface area contributed by atoms with Gasteiger partial charge in [-0.2, -0.15) is 0 Å². The fraction of sp³-hybridized carbons (Fsp3) is 0.400. The Morgan fingerprint density at radius 1 is 1.08 bits per heavy atom. The molecule has 0 saturated heterocycles. The Morgan fingerprint density at radius 3 is 1.85 bits per heavy atom. The first-order valence-electron chi connectivity index (χ1n) is 4.49. The van der Waals surface area contributed by atoms with Crippen LogP contribution >= 0.6 is 25.6 Å².